The molecule has 128 valence electrons. The van der Waals surface area contributed by atoms with Crippen LogP contribution in [0.1, 0.15) is 11.1 Å². The molecule has 25 heavy (non-hydrogen) atoms. The molecule has 1 amide bonds. The first-order valence-corrected chi connectivity index (χ1v) is 7.36. The summed E-state index contributed by atoms with van der Waals surface area (Å²) < 4.78 is 10.1. The maximum atomic E-state index is 11.6. The van der Waals surface area contributed by atoms with Gasteiger partial charge in [-0.05, 0) is 11.6 Å². The van der Waals surface area contributed by atoms with E-state index in [2.05, 4.69) is 17.2 Å². The third-order valence-corrected chi connectivity index (χ3v) is 3.15. The van der Waals surface area contributed by atoms with Crippen molar-refractivity contribution in [3.63, 3.8) is 0 Å². The molecule has 0 spiro atoms. The summed E-state index contributed by atoms with van der Waals surface area (Å²) in [5.41, 5.74) is 1.30. The zero-order valence-corrected chi connectivity index (χ0v) is 13.5. The number of non-ortho nitro benzene ring substituents is 1. The zero-order valence-electron chi connectivity index (χ0n) is 13.5. The number of amides is 1. The highest BCUT2D eigenvalue weighted by atomic mass is 16.6. The number of nitrogens with one attached hydrogen (secondary N) is 1. The fraction of sp³-hybridized carbons (Fsp3) is 0.167. The minimum absolute atomic E-state index is 0.0771. The third kappa shape index (κ3) is 5.55. The Morgan fingerprint density at radius 3 is 2.68 bits per heavy atom. The predicted octanol–water partition coefficient (Wildman–Crippen LogP) is 2.88. The zero-order chi connectivity index (χ0) is 18.1. The van der Waals surface area contributed by atoms with Crippen LogP contribution in [0.3, 0.4) is 0 Å². The molecule has 0 aromatic heterocycles. The molecule has 0 atom stereocenters. The maximum absolute atomic E-state index is 11.6. The largest absolute Gasteiger partial charge is 0.495 e. The number of carbonyl (C=O) groups excluding carboxylic acids is 1. The average molecular weight is 340 g/mol. The fourth-order valence-electron chi connectivity index (χ4n) is 1.93. The number of benzene rings is 2. The van der Waals surface area contributed by atoms with Crippen molar-refractivity contribution in [3.05, 3.63) is 69.8 Å². The van der Waals surface area contributed by atoms with Crippen LogP contribution in [0.2, 0.25) is 0 Å². The molecule has 0 radical (unpaired) electrons. The van der Waals surface area contributed by atoms with Gasteiger partial charge in [0.25, 0.3) is 5.69 Å². The van der Waals surface area contributed by atoms with Crippen molar-refractivity contribution in [3.8, 4) is 17.6 Å². The van der Waals surface area contributed by atoms with E-state index >= 15 is 0 Å². The number of alkyl carbamates (subject to hydrolysis) is 1. The van der Waals surface area contributed by atoms with Crippen molar-refractivity contribution in [2.24, 2.45) is 0 Å². The van der Waals surface area contributed by atoms with Gasteiger partial charge in [0.1, 0.15) is 12.4 Å². The van der Waals surface area contributed by atoms with Crippen LogP contribution in [0.5, 0.6) is 5.75 Å². The smallest absolute Gasteiger partial charge is 0.408 e. The molecule has 2 rings (SSSR count). The van der Waals surface area contributed by atoms with Crippen molar-refractivity contribution in [1.82, 2.24) is 5.32 Å². The van der Waals surface area contributed by atoms with E-state index in [1.807, 2.05) is 30.3 Å². The number of rotatable bonds is 5. The molecule has 0 heterocycles. The Balaban J connectivity index is 1.85. The molecule has 0 aliphatic carbocycles. The molecular formula is C18H16N2O5. The van der Waals surface area contributed by atoms with Gasteiger partial charge in [0, 0.05) is 6.07 Å². The minimum atomic E-state index is -0.575. The number of ether oxygens (including phenoxy) is 2. The number of nitrogens with zero attached hydrogens (tertiary/aromatic N) is 1. The van der Waals surface area contributed by atoms with Gasteiger partial charge in [-0.3, -0.25) is 10.1 Å². The summed E-state index contributed by atoms with van der Waals surface area (Å²) in [7, 11) is 1.41. The van der Waals surface area contributed by atoms with Gasteiger partial charge in [-0.2, -0.15) is 0 Å². The lowest BCUT2D eigenvalue weighted by molar-refractivity contribution is -0.384. The van der Waals surface area contributed by atoms with Crippen LogP contribution in [0.25, 0.3) is 0 Å². The average Bonchev–Trinajstić information content (AvgIpc) is 2.64. The SMILES string of the molecule is COc1cc([N+](=O)[O-])ccc1C#CCNC(=O)OCc1ccccc1. The lowest BCUT2D eigenvalue weighted by Gasteiger charge is -2.04. The standard InChI is InChI=1S/C18H16N2O5/c1-24-17-12-16(20(22)23)10-9-15(17)8-5-11-19-18(21)25-13-14-6-3-2-4-7-14/h2-4,6-7,9-10,12H,11,13H2,1H3,(H,19,21). The predicted molar refractivity (Wildman–Crippen MR) is 91.2 cm³/mol. The Morgan fingerprint density at radius 2 is 2.00 bits per heavy atom. The number of hydrogen-bond donors (Lipinski definition) is 1. The molecule has 7 nitrogen and oxygen atoms in total. The van der Waals surface area contributed by atoms with E-state index in [-0.39, 0.29) is 18.8 Å². The number of carbonyl (C=O) groups is 1. The van der Waals surface area contributed by atoms with Crippen molar-refractivity contribution >= 4 is 11.8 Å². The summed E-state index contributed by atoms with van der Waals surface area (Å²) in [6, 6.07) is 13.4. The van der Waals surface area contributed by atoms with E-state index in [4.69, 9.17) is 9.47 Å². The van der Waals surface area contributed by atoms with E-state index < -0.39 is 11.0 Å². The van der Waals surface area contributed by atoms with Crippen LogP contribution >= 0.6 is 0 Å². The Labute approximate surface area is 144 Å². The second-order valence-corrected chi connectivity index (χ2v) is 4.86. The van der Waals surface area contributed by atoms with Crippen LogP contribution in [0, 0.1) is 22.0 Å². The van der Waals surface area contributed by atoms with Crippen LogP contribution in [0.15, 0.2) is 48.5 Å². The van der Waals surface area contributed by atoms with E-state index in [0.717, 1.165) is 5.56 Å². The quantitative estimate of drug-likeness (QED) is 0.513. The number of methoxy groups -OCH3 is 1. The lowest BCUT2D eigenvalue weighted by Crippen LogP contribution is -2.24. The topological polar surface area (TPSA) is 90.7 Å². The van der Waals surface area contributed by atoms with Gasteiger partial charge in [0.2, 0.25) is 0 Å². The van der Waals surface area contributed by atoms with E-state index in [9.17, 15) is 14.9 Å². The number of nitro groups is 1. The summed E-state index contributed by atoms with van der Waals surface area (Å²) in [6.45, 7) is 0.254. The highest BCUT2D eigenvalue weighted by molar-refractivity contribution is 5.67. The summed E-state index contributed by atoms with van der Waals surface area (Å²) in [4.78, 5) is 21.8. The minimum Gasteiger partial charge on any atom is -0.495 e. The first kappa shape index (κ1) is 17.8. The molecule has 2 aromatic carbocycles. The van der Waals surface area contributed by atoms with Crippen molar-refractivity contribution in [2.45, 2.75) is 6.61 Å². The molecule has 0 saturated carbocycles. The van der Waals surface area contributed by atoms with Crippen molar-refractivity contribution < 1.29 is 19.2 Å². The van der Waals surface area contributed by atoms with Gasteiger partial charge in [0.05, 0.1) is 30.2 Å². The molecule has 7 heteroatoms. The van der Waals surface area contributed by atoms with E-state index in [1.54, 1.807) is 0 Å². The summed E-state index contributed by atoms with van der Waals surface area (Å²) in [5, 5.41) is 13.2. The van der Waals surface area contributed by atoms with Crippen molar-refractivity contribution in [2.75, 3.05) is 13.7 Å². The highest BCUT2D eigenvalue weighted by Gasteiger charge is 2.09. The molecule has 0 aliphatic rings. The second kappa shape index (κ2) is 8.93. The second-order valence-electron chi connectivity index (χ2n) is 4.86. The first-order chi connectivity index (χ1) is 12.1. The fourth-order valence-corrected chi connectivity index (χ4v) is 1.93. The van der Waals surface area contributed by atoms with E-state index in [0.29, 0.717) is 11.3 Å². The molecule has 2 aromatic rings. The van der Waals surface area contributed by atoms with Crippen LogP contribution < -0.4 is 10.1 Å². The third-order valence-electron chi connectivity index (χ3n) is 3.15. The maximum Gasteiger partial charge on any atom is 0.408 e. The van der Waals surface area contributed by atoms with Gasteiger partial charge in [-0.15, -0.1) is 0 Å². The van der Waals surface area contributed by atoms with Gasteiger partial charge >= 0.3 is 6.09 Å². The number of hydrogen-bond acceptors (Lipinski definition) is 5. The summed E-state index contributed by atoms with van der Waals surface area (Å²) in [6.07, 6.45) is -0.575. The van der Waals surface area contributed by atoms with Crippen molar-refractivity contribution in [1.29, 1.82) is 0 Å². The molecule has 1 N–H and O–H groups in total. The monoisotopic (exact) mass is 340 g/mol. The Hall–Kier alpha value is -3.53. The lowest BCUT2D eigenvalue weighted by atomic mass is 10.2. The van der Waals surface area contributed by atoms with Gasteiger partial charge in [0.15, 0.2) is 0 Å². The Bertz CT molecular complexity index is 809. The summed E-state index contributed by atoms with van der Waals surface area (Å²) in [5.74, 6) is 5.83. The highest BCUT2D eigenvalue weighted by Crippen LogP contribution is 2.23. The molecule has 0 bridgehead atoms. The summed E-state index contributed by atoms with van der Waals surface area (Å²) >= 11 is 0. The van der Waals surface area contributed by atoms with Gasteiger partial charge in [-0.25, -0.2) is 4.79 Å². The molecular weight excluding hydrogens is 324 g/mol. The van der Waals surface area contributed by atoms with E-state index in [1.165, 1.54) is 25.3 Å². The van der Waals surface area contributed by atoms with Crippen LogP contribution in [0.4, 0.5) is 10.5 Å². The Morgan fingerprint density at radius 1 is 1.24 bits per heavy atom. The normalized spacial score (nSPS) is 9.48. The first-order valence-electron chi connectivity index (χ1n) is 7.36. The van der Waals surface area contributed by atoms with Gasteiger partial charge in [-0.1, -0.05) is 42.2 Å². The molecule has 0 fully saturated rings. The molecule has 0 aliphatic heterocycles. The number of nitro benzene ring substituents is 1. The van der Waals surface area contributed by atoms with Crippen LogP contribution in [-0.2, 0) is 11.3 Å². The Kier molecular flexibility index (Phi) is 6.37. The molecule has 0 unspecified atom stereocenters. The van der Waals surface area contributed by atoms with Gasteiger partial charge < -0.3 is 14.8 Å². The van der Waals surface area contributed by atoms with Crippen LogP contribution in [-0.4, -0.2) is 24.7 Å². The molecule has 0 saturated heterocycles.